The minimum absolute atomic E-state index is 0.0967. The monoisotopic (exact) mass is 399 g/mol. The summed E-state index contributed by atoms with van der Waals surface area (Å²) in [6, 6.07) is 27.3. The number of benzene rings is 3. The van der Waals surface area contributed by atoms with Crippen LogP contribution in [0.4, 0.5) is 11.4 Å². The molecular weight excluding hydrogens is 374 g/mol. The molecule has 0 aromatic heterocycles. The summed E-state index contributed by atoms with van der Waals surface area (Å²) in [6.45, 7) is 3.63. The highest BCUT2D eigenvalue weighted by Gasteiger charge is 2.43. The summed E-state index contributed by atoms with van der Waals surface area (Å²) in [5.41, 5.74) is 2.53. The number of hydrogen-bond acceptors (Lipinski definition) is 3. The Hall–Kier alpha value is -3.44. The van der Waals surface area contributed by atoms with E-state index in [0.717, 1.165) is 11.1 Å². The molecule has 152 valence electrons. The Kier molecular flexibility index (Phi) is 5.38. The molecule has 0 radical (unpaired) electrons. The van der Waals surface area contributed by atoms with Gasteiger partial charge in [-0.15, -0.1) is 0 Å². The van der Waals surface area contributed by atoms with Crippen molar-refractivity contribution >= 4 is 23.2 Å². The smallest absolute Gasteiger partial charge is 0.250 e. The summed E-state index contributed by atoms with van der Waals surface area (Å²) in [5, 5.41) is 6.31. The molecule has 3 aromatic carbocycles. The Bertz CT molecular complexity index is 1010. The molecule has 30 heavy (non-hydrogen) atoms. The van der Waals surface area contributed by atoms with Crippen LogP contribution in [0, 0.1) is 0 Å². The van der Waals surface area contributed by atoms with Crippen LogP contribution < -0.4 is 15.5 Å². The molecule has 0 atom stereocenters. The van der Waals surface area contributed by atoms with Crippen LogP contribution in [0.5, 0.6) is 0 Å². The zero-order valence-electron chi connectivity index (χ0n) is 17.1. The van der Waals surface area contributed by atoms with Crippen LogP contribution in [0.3, 0.4) is 0 Å². The third-order valence-electron chi connectivity index (χ3n) is 5.48. The number of nitrogens with zero attached hydrogens (tertiary/aromatic N) is 1. The molecule has 4 rings (SSSR count). The molecule has 5 heteroatoms. The summed E-state index contributed by atoms with van der Waals surface area (Å²) in [5.74, 6) is -0.351. The first-order chi connectivity index (χ1) is 14.5. The number of carbonyl (C=O) groups is 2. The Morgan fingerprint density at radius 3 is 2.03 bits per heavy atom. The Morgan fingerprint density at radius 1 is 0.900 bits per heavy atom. The van der Waals surface area contributed by atoms with Crippen molar-refractivity contribution in [1.82, 2.24) is 5.32 Å². The second-order valence-electron chi connectivity index (χ2n) is 7.89. The highest BCUT2D eigenvalue weighted by molar-refractivity contribution is 6.14. The van der Waals surface area contributed by atoms with Crippen LogP contribution in [-0.2, 0) is 9.59 Å². The first-order valence-electron chi connectivity index (χ1n) is 10.1. The summed E-state index contributed by atoms with van der Waals surface area (Å²) in [6.07, 6.45) is 0. The lowest BCUT2D eigenvalue weighted by Gasteiger charge is -2.42. The molecule has 2 N–H and O–H groups in total. The maximum absolute atomic E-state index is 13.4. The molecule has 2 amide bonds. The zero-order chi connectivity index (χ0) is 21.1. The fourth-order valence-electron chi connectivity index (χ4n) is 3.89. The SMILES string of the molecule is CC1(C)C(=O)Nc2ccccc2N1C(=O)CNC(c1ccccc1)c1ccccc1. The third-order valence-corrected chi connectivity index (χ3v) is 5.48. The quantitative estimate of drug-likeness (QED) is 0.678. The van der Waals surface area contributed by atoms with Gasteiger partial charge in [0, 0.05) is 0 Å². The molecule has 0 saturated carbocycles. The van der Waals surface area contributed by atoms with Gasteiger partial charge in [-0.05, 0) is 37.1 Å². The molecule has 0 spiro atoms. The van der Waals surface area contributed by atoms with Crippen molar-refractivity contribution in [2.24, 2.45) is 0 Å². The second-order valence-corrected chi connectivity index (χ2v) is 7.89. The fraction of sp³-hybridized carbons (Fsp3) is 0.200. The van der Waals surface area contributed by atoms with Gasteiger partial charge in [0.05, 0.1) is 24.0 Å². The highest BCUT2D eigenvalue weighted by Crippen LogP contribution is 2.36. The van der Waals surface area contributed by atoms with Gasteiger partial charge in [0.25, 0.3) is 0 Å². The van der Waals surface area contributed by atoms with E-state index >= 15 is 0 Å². The number of anilines is 2. The van der Waals surface area contributed by atoms with Gasteiger partial charge in [-0.1, -0.05) is 72.8 Å². The van der Waals surface area contributed by atoms with Gasteiger partial charge in [-0.2, -0.15) is 0 Å². The van der Waals surface area contributed by atoms with Gasteiger partial charge in [-0.3, -0.25) is 19.8 Å². The molecule has 0 aliphatic carbocycles. The van der Waals surface area contributed by atoms with Crippen molar-refractivity contribution in [3.8, 4) is 0 Å². The molecule has 1 aliphatic heterocycles. The van der Waals surface area contributed by atoms with Crippen LogP contribution in [-0.4, -0.2) is 23.9 Å². The predicted octanol–water partition coefficient (Wildman–Crippen LogP) is 4.13. The van der Waals surface area contributed by atoms with Crippen LogP contribution in [0.2, 0.25) is 0 Å². The van der Waals surface area contributed by atoms with E-state index in [9.17, 15) is 9.59 Å². The molecule has 0 fully saturated rings. The molecule has 1 aliphatic rings. The van der Waals surface area contributed by atoms with Gasteiger partial charge in [0.1, 0.15) is 5.54 Å². The molecule has 3 aromatic rings. The first kappa shape index (κ1) is 19.9. The fourth-order valence-corrected chi connectivity index (χ4v) is 3.89. The van der Waals surface area contributed by atoms with Crippen molar-refractivity contribution in [3.05, 3.63) is 96.1 Å². The Labute approximate surface area is 176 Å². The van der Waals surface area contributed by atoms with E-state index in [-0.39, 0.29) is 24.4 Å². The number of fused-ring (bicyclic) bond motifs is 1. The number of carbonyl (C=O) groups excluding carboxylic acids is 2. The largest absolute Gasteiger partial charge is 0.322 e. The maximum Gasteiger partial charge on any atom is 0.250 e. The average molecular weight is 399 g/mol. The van der Waals surface area contributed by atoms with E-state index in [1.807, 2.05) is 84.9 Å². The Morgan fingerprint density at radius 2 is 1.43 bits per heavy atom. The van der Waals surface area contributed by atoms with E-state index < -0.39 is 5.54 Å². The number of amides is 2. The number of nitrogens with one attached hydrogen (secondary N) is 2. The summed E-state index contributed by atoms with van der Waals surface area (Å²) >= 11 is 0. The van der Waals surface area contributed by atoms with Gasteiger partial charge >= 0.3 is 0 Å². The average Bonchev–Trinajstić information content (AvgIpc) is 2.76. The van der Waals surface area contributed by atoms with Crippen LogP contribution in [0.25, 0.3) is 0 Å². The summed E-state index contributed by atoms with van der Waals surface area (Å²) < 4.78 is 0. The standard InChI is InChI=1S/C25H25N3O2/c1-25(2)24(30)27-20-15-9-10-16-21(20)28(25)22(29)17-26-23(18-11-5-3-6-12-18)19-13-7-4-8-14-19/h3-16,23,26H,17H2,1-2H3,(H,27,30). The minimum Gasteiger partial charge on any atom is -0.322 e. The molecule has 5 nitrogen and oxygen atoms in total. The van der Waals surface area contributed by atoms with Crippen LogP contribution >= 0.6 is 0 Å². The highest BCUT2D eigenvalue weighted by atomic mass is 16.2. The molecule has 0 saturated heterocycles. The summed E-state index contributed by atoms with van der Waals surface area (Å²) in [7, 11) is 0. The number of para-hydroxylation sites is 2. The van der Waals surface area contributed by atoms with E-state index in [0.29, 0.717) is 11.4 Å². The maximum atomic E-state index is 13.4. The van der Waals surface area contributed by atoms with Gasteiger partial charge in [0.15, 0.2) is 0 Å². The van der Waals surface area contributed by atoms with E-state index in [1.54, 1.807) is 18.7 Å². The predicted molar refractivity (Wildman–Crippen MR) is 119 cm³/mol. The zero-order valence-corrected chi connectivity index (χ0v) is 17.1. The van der Waals surface area contributed by atoms with Crippen molar-refractivity contribution in [2.75, 3.05) is 16.8 Å². The second kappa shape index (κ2) is 8.13. The lowest BCUT2D eigenvalue weighted by molar-refractivity contribution is -0.126. The van der Waals surface area contributed by atoms with Gasteiger partial charge in [0.2, 0.25) is 11.8 Å². The van der Waals surface area contributed by atoms with E-state index in [4.69, 9.17) is 0 Å². The van der Waals surface area contributed by atoms with Crippen LogP contribution in [0.1, 0.15) is 31.0 Å². The Balaban J connectivity index is 1.62. The van der Waals surface area contributed by atoms with Crippen molar-refractivity contribution in [3.63, 3.8) is 0 Å². The van der Waals surface area contributed by atoms with E-state index in [2.05, 4.69) is 10.6 Å². The van der Waals surface area contributed by atoms with E-state index in [1.165, 1.54) is 0 Å². The number of rotatable bonds is 5. The van der Waals surface area contributed by atoms with Crippen molar-refractivity contribution in [2.45, 2.75) is 25.4 Å². The third kappa shape index (κ3) is 3.72. The van der Waals surface area contributed by atoms with Gasteiger partial charge in [-0.25, -0.2) is 0 Å². The van der Waals surface area contributed by atoms with Crippen molar-refractivity contribution in [1.29, 1.82) is 0 Å². The van der Waals surface area contributed by atoms with Gasteiger partial charge < -0.3 is 5.32 Å². The first-order valence-corrected chi connectivity index (χ1v) is 10.1. The topological polar surface area (TPSA) is 61.4 Å². The van der Waals surface area contributed by atoms with Crippen LogP contribution in [0.15, 0.2) is 84.9 Å². The molecular formula is C25H25N3O2. The normalized spacial score (nSPS) is 14.9. The molecule has 0 bridgehead atoms. The minimum atomic E-state index is -0.984. The molecule has 1 heterocycles. The summed E-state index contributed by atoms with van der Waals surface area (Å²) in [4.78, 5) is 27.6. The lowest BCUT2D eigenvalue weighted by atomic mass is 9.95. The lowest BCUT2D eigenvalue weighted by Crippen LogP contribution is -2.60. The van der Waals surface area contributed by atoms with Crippen molar-refractivity contribution < 1.29 is 9.59 Å². The molecule has 0 unspecified atom stereocenters. The number of hydrogen-bond donors (Lipinski definition) is 2.